The Morgan fingerprint density at radius 3 is 2.83 bits per heavy atom. The maximum Gasteiger partial charge on any atom is 0.177 e. The zero-order valence-electron chi connectivity index (χ0n) is 6.94. The normalized spacial score (nSPS) is 32.2. The van der Waals surface area contributed by atoms with Gasteiger partial charge in [0, 0.05) is 0 Å². The molecule has 1 aliphatic rings. The molecule has 0 aromatic rings. The van der Waals surface area contributed by atoms with Crippen LogP contribution in [0.4, 0.5) is 0 Å². The Balaban J connectivity index is 2.66. The summed E-state index contributed by atoms with van der Waals surface area (Å²) in [6.07, 6.45) is -0.807. The lowest BCUT2D eigenvalue weighted by molar-refractivity contribution is -0.253. The van der Waals surface area contributed by atoms with E-state index < -0.39 is 12.0 Å². The number of rotatable bonds is 1. The monoisotopic (exact) mass is 176 g/mol. The molecular weight excluding hydrogens is 164 g/mol. The molecule has 0 radical (unpaired) electrons. The predicted molar refractivity (Wildman–Crippen MR) is 39.0 cm³/mol. The molecule has 0 amide bonds. The van der Waals surface area contributed by atoms with Crippen LogP contribution in [0.2, 0.25) is 0 Å². The van der Waals surface area contributed by atoms with Gasteiger partial charge in [0.25, 0.3) is 0 Å². The van der Waals surface area contributed by atoms with Crippen LogP contribution in [0.5, 0.6) is 0 Å². The maximum atomic E-state index is 8.60. The van der Waals surface area contributed by atoms with Crippen LogP contribution in [-0.2, 0) is 9.47 Å². The fourth-order valence-corrected chi connectivity index (χ4v) is 0.891. The maximum absolute atomic E-state index is 8.60. The molecule has 0 bridgehead atoms. The molecule has 0 aromatic heterocycles. The molecule has 1 atom stereocenters. The van der Waals surface area contributed by atoms with Crippen LogP contribution >= 0.6 is 0 Å². The van der Waals surface area contributed by atoms with Gasteiger partial charge >= 0.3 is 0 Å². The van der Waals surface area contributed by atoms with Crippen molar-refractivity contribution in [1.82, 2.24) is 5.48 Å². The zero-order valence-corrected chi connectivity index (χ0v) is 6.94. The van der Waals surface area contributed by atoms with Crippen LogP contribution in [-0.4, -0.2) is 34.7 Å². The molecule has 1 unspecified atom stereocenters. The first-order valence-corrected chi connectivity index (χ1v) is 3.51. The Morgan fingerprint density at radius 1 is 1.67 bits per heavy atom. The number of hydroxylamine groups is 1. The molecule has 1 rings (SSSR count). The second-order valence-corrected chi connectivity index (χ2v) is 2.91. The first-order chi connectivity index (χ1) is 5.59. The number of hydrogen-bond acceptors (Lipinski definition) is 6. The Hall–Kier alpha value is -0.690. The van der Waals surface area contributed by atoms with Gasteiger partial charge in [-0.2, -0.15) is 5.48 Å². The third-order valence-electron chi connectivity index (χ3n) is 1.52. The first kappa shape index (κ1) is 9.40. The molecule has 1 saturated heterocycles. The highest BCUT2D eigenvalue weighted by atomic mass is 16.7. The summed E-state index contributed by atoms with van der Waals surface area (Å²) in [5.41, 5.74) is 2.07. The van der Waals surface area contributed by atoms with E-state index in [0.29, 0.717) is 0 Å². The Bertz CT molecular complexity index is 192. The van der Waals surface area contributed by atoms with Crippen LogP contribution in [0.15, 0.2) is 5.16 Å². The molecule has 0 spiro atoms. The summed E-state index contributed by atoms with van der Waals surface area (Å²) in [5, 5.41) is 20.0. The second-order valence-electron chi connectivity index (χ2n) is 2.91. The number of oxime groups is 1. The van der Waals surface area contributed by atoms with Crippen molar-refractivity contribution < 1.29 is 19.9 Å². The van der Waals surface area contributed by atoms with E-state index in [-0.39, 0.29) is 12.3 Å². The fraction of sp³-hybridized carbons (Fsp3) is 0.833. The Morgan fingerprint density at radius 2 is 2.33 bits per heavy atom. The van der Waals surface area contributed by atoms with Crippen molar-refractivity contribution in [2.75, 3.05) is 6.61 Å². The van der Waals surface area contributed by atoms with E-state index >= 15 is 0 Å². The smallest absolute Gasteiger partial charge is 0.177 e. The van der Waals surface area contributed by atoms with Gasteiger partial charge in [0.05, 0.1) is 6.61 Å². The lowest BCUT2D eigenvalue weighted by Crippen LogP contribution is -2.51. The average Bonchev–Trinajstić information content (AvgIpc) is 2.03. The van der Waals surface area contributed by atoms with E-state index in [2.05, 4.69) is 5.16 Å². The highest BCUT2D eigenvalue weighted by Crippen LogP contribution is 2.18. The second kappa shape index (κ2) is 3.36. The molecule has 0 saturated carbocycles. The van der Waals surface area contributed by atoms with Gasteiger partial charge in [-0.15, -0.1) is 0 Å². The van der Waals surface area contributed by atoms with Gasteiger partial charge in [-0.25, -0.2) is 0 Å². The van der Waals surface area contributed by atoms with E-state index in [1.165, 1.54) is 0 Å². The molecule has 6 heteroatoms. The van der Waals surface area contributed by atoms with Crippen LogP contribution in [0.1, 0.15) is 13.8 Å². The molecule has 1 aliphatic heterocycles. The van der Waals surface area contributed by atoms with E-state index in [9.17, 15) is 0 Å². The van der Waals surface area contributed by atoms with Crippen LogP contribution in [0.3, 0.4) is 0 Å². The first-order valence-electron chi connectivity index (χ1n) is 3.51. The molecule has 0 aliphatic carbocycles. The summed E-state index contributed by atoms with van der Waals surface area (Å²) < 4.78 is 10.3. The lowest BCUT2D eigenvalue weighted by Gasteiger charge is -2.35. The third kappa shape index (κ3) is 1.92. The van der Waals surface area contributed by atoms with Crippen molar-refractivity contribution in [2.24, 2.45) is 5.16 Å². The van der Waals surface area contributed by atoms with Crippen molar-refractivity contribution in [3.05, 3.63) is 0 Å². The largest absolute Gasteiger partial charge is 0.411 e. The molecule has 12 heavy (non-hydrogen) atoms. The Kier molecular flexibility index (Phi) is 2.63. The standard InChI is InChI=1S/C6H12N2O4/c1-6(2)11-3-4(7-9)5(8-10)12-6/h5,8-10H,3H2,1-2H3/b7-4+. The molecule has 1 fully saturated rings. The van der Waals surface area contributed by atoms with E-state index in [4.69, 9.17) is 19.9 Å². The summed E-state index contributed by atoms with van der Waals surface area (Å²) in [5.74, 6) is -0.783. The van der Waals surface area contributed by atoms with Crippen molar-refractivity contribution in [3.8, 4) is 0 Å². The van der Waals surface area contributed by atoms with Crippen molar-refractivity contribution in [2.45, 2.75) is 25.9 Å². The minimum atomic E-state index is -0.807. The van der Waals surface area contributed by atoms with Gasteiger partial charge in [0.15, 0.2) is 12.0 Å². The van der Waals surface area contributed by atoms with Gasteiger partial charge in [0.2, 0.25) is 0 Å². The summed E-state index contributed by atoms with van der Waals surface area (Å²) in [4.78, 5) is 0. The molecule has 1 heterocycles. The highest BCUT2D eigenvalue weighted by molar-refractivity contribution is 5.89. The number of ether oxygens (including phenoxy) is 2. The summed E-state index contributed by atoms with van der Waals surface area (Å²) in [6.45, 7) is 3.53. The van der Waals surface area contributed by atoms with Gasteiger partial charge in [-0.1, -0.05) is 5.16 Å². The van der Waals surface area contributed by atoms with Gasteiger partial charge < -0.3 is 19.9 Å². The quantitative estimate of drug-likeness (QED) is 0.384. The number of nitrogens with one attached hydrogen (secondary N) is 1. The summed E-state index contributed by atoms with van der Waals surface area (Å²) >= 11 is 0. The van der Waals surface area contributed by atoms with Gasteiger partial charge in [0.1, 0.15) is 5.71 Å². The molecule has 6 nitrogen and oxygen atoms in total. The van der Waals surface area contributed by atoms with Crippen molar-refractivity contribution in [1.29, 1.82) is 0 Å². The summed E-state index contributed by atoms with van der Waals surface area (Å²) in [6, 6.07) is 0. The minimum absolute atomic E-state index is 0.127. The SMILES string of the molecule is CC1(C)OC/C(=N\O)C(NO)O1. The van der Waals surface area contributed by atoms with Gasteiger partial charge in [-0.05, 0) is 13.8 Å². The molecule has 70 valence electrons. The van der Waals surface area contributed by atoms with Crippen LogP contribution < -0.4 is 5.48 Å². The minimum Gasteiger partial charge on any atom is -0.411 e. The molecule has 3 N–H and O–H groups in total. The number of nitrogens with zero attached hydrogens (tertiary/aromatic N) is 1. The third-order valence-corrected chi connectivity index (χ3v) is 1.52. The van der Waals surface area contributed by atoms with Gasteiger partial charge in [-0.3, -0.25) is 0 Å². The fourth-order valence-electron chi connectivity index (χ4n) is 0.891. The average molecular weight is 176 g/mol. The van der Waals surface area contributed by atoms with Crippen molar-refractivity contribution >= 4 is 5.71 Å². The summed E-state index contributed by atoms with van der Waals surface area (Å²) in [7, 11) is 0. The lowest BCUT2D eigenvalue weighted by atomic mass is 10.2. The zero-order chi connectivity index (χ0) is 9.19. The van der Waals surface area contributed by atoms with Crippen LogP contribution in [0, 0.1) is 0 Å². The van der Waals surface area contributed by atoms with E-state index in [1.54, 1.807) is 13.8 Å². The molecule has 0 aromatic carbocycles. The van der Waals surface area contributed by atoms with E-state index in [0.717, 1.165) is 0 Å². The van der Waals surface area contributed by atoms with Crippen LogP contribution in [0.25, 0.3) is 0 Å². The topological polar surface area (TPSA) is 83.3 Å². The molecular formula is C6H12N2O4. The highest BCUT2D eigenvalue weighted by Gasteiger charge is 2.33. The Labute approximate surface area is 69.7 Å². The van der Waals surface area contributed by atoms with Crippen molar-refractivity contribution in [3.63, 3.8) is 0 Å². The number of hydrogen-bond donors (Lipinski definition) is 3. The van der Waals surface area contributed by atoms with E-state index in [1.807, 2.05) is 5.48 Å². The predicted octanol–water partition coefficient (Wildman–Crippen LogP) is -0.0956.